The molecule has 1 atom stereocenters. The molecule has 3 amide bonds. The van der Waals surface area contributed by atoms with Crippen LogP contribution in [-0.2, 0) is 4.74 Å². The van der Waals surface area contributed by atoms with Crippen molar-refractivity contribution in [2.24, 2.45) is 0 Å². The molecule has 0 saturated carbocycles. The molecule has 160 valence electrons. The van der Waals surface area contributed by atoms with E-state index >= 15 is 0 Å². The van der Waals surface area contributed by atoms with Gasteiger partial charge in [-0.15, -0.1) is 0 Å². The van der Waals surface area contributed by atoms with Crippen LogP contribution in [0.4, 0.5) is 10.5 Å². The number of nitrogens with zero attached hydrogens (tertiary/aromatic N) is 1. The molecular formula is C22H34N4O3. The SMILES string of the molecule is CC(C)(C)NC(=O)NC1CCN(c2ccccc2C(=O)NCC2CCCO2)CC1. The summed E-state index contributed by atoms with van der Waals surface area (Å²) in [5.41, 5.74) is 1.40. The van der Waals surface area contributed by atoms with Crippen molar-refractivity contribution in [3.63, 3.8) is 0 Å². The summed E-state index contributed by atoms with van der Waals surface area (Å²) in [4.78, 5) is 27.1. The quantitative estimate of drug-likeness (QED) is 0.707. The smallest absolute Gasteiger partial charge is 0.315 e. The first kappa shape index (κ1) is 21.4. The van der Waals surface area contributed by atoms with Gasteiger partial charge in [0.1, 0.15) is 0 Å². The van der Waals surface area contributed by atoms with Gasteiger partial charge < -0.3 is 25.6 Å². The monoisotopic (exact) mass is 402 g/mol. The van der Waals surface area contributed by atoms with E-state index in [1.165, 1.54) is 0 Å². The summed E-state index contributed by atoms with van der Waals surface area (Å²) in [6.45, 7) is 8.85. The van der Waals surface area contributed by atoms with Gasteiger partial charge in [-0.05, 0) is 58.6 Å². The summed E-state index contributed by atoms with van der Waals surface area (Å²) in [7, 11) is 0. The number of hydrogen-bond donors (Lipinski definition) is 3. The molecular weight excluding hydrogens is 368 g/mol. The highest BCUT2D eigenvalue weighted by atomic mass is 16.5. The van der Waals surface area contributed by atoms with Crippen molar-refractivity contribution in [1.82, 2.24) is 16.0 Å². The van der Waals surface area contributed by atoms with Gasteiger partial charge in [0.2, 0.25) is 0 Å². The van der Waals surface area contributed by atoms with Crippen LogP contribution in [0, 0.1) is 0 Å². The molecule has 3 N–H and O–H groups in total. The third-order valence-corrected chi connectivity index (χ3v) is 5.32. The molecule has 1 aromatic carbocycles. The summed E-state index contributed by atoms with van der Waals surface area (Å²) in [6.07, 6.45) is 3.90. The fourth-order valence-electron chi connectivity index (χ4n) is 3.88. The van der Waals surface area contributed by atoms with E-state index in [4.69, 9.17) is 4.74 Å². The number of piperidine rings is 1. The largest absolute Gasteiger partial charge is 0.376 e. The Labute approximate surface area is 173 Å². The molecule has 2 saturated heterocycles. The Morgan fingerprint density at radius 1 is 1.14 bits per heavy atom. The van der Waals surface area contributed by atoms with E-state index in [0.717, 1.165) is 51.1 Å². The number of ether oxygens (including phenoxy) is 1. The molecule has 7 heteroatoms. The number of amides is 3. The maximum Gasteiger partial charge on any atom is 0.315 e. The van der Waals surface area contributed by atoms with E-state index in [2.05, 4.69) is 20.9 Å². The van der Waals surface area contributed by atoms with E-state index in [1.54, 1.807) is 0 Å². The number of carbonyl (C=O) groups excluding carboxylic acids is 2. The lowest BCUT2D eigenvalue weighted by molar-refractivity contribution is 0.0858. The van der Waals surface area contributed by atoms with Gasteiger partial charge >= 0.3 is 6.03 Å². The van der Waals surface area contributed by atoms with Gasteiger partial charge in [0.25, 0.3) is 5.91 Å². The molecule has 0 bridgehead atoms. The van der Waals surface area contributed by atoms with Gasteiger partial charge in [0, 0.05) is 43.5 Å². The van der Waals surface area contributed by atoms with Gasteiger partial charge in [-0.3, -0.25) is 4.79 Å². The Kier molecular flexibility index (Phi) is 7.00. The molecule has 0 aliphatic carbocycles. The Morgan fingerprint density at radius 2 is 1.86 bits per heavy atom. The number of rotatable bonds is 5. The highest BCUT2D eigenvalue weighted by Crippen LogP contribution is 2.24. The maximum absolute atomic E-state index is 12.7. The summed E-state index contributed by atoms with van der Waals surface area (Å²) < 4.78 is 5.59. The van der Waals surface area contributed by atoms with Crippen LogP contribution in [0.2, 0.25) is 0 Å². The van der Waals surface area contributed by atoms with Crippen LogP contribution in [-0.4, -0.2) is 55.9 Å². The molecule has 1 aromatic rings. The third kappa shape index (κ3) is 6.35. The Hall–Kier alpha value is -2.28. The van der Waals surface area contributed by atoms with E-state index in [9.17, 15) is 9.59 Å². The number of para-hydroxylation sites is 1. The minimum Gasteiger partial charge on any atom is -0.376 e. The Balaban J connectivity index is 1.54. The normalized spacial score (nSPS) is 20.4. The van der Waals surface area contributed by atoms with Crippen LogP contribution >= 0.6 is 0 Å². The lowest BCUT2D eigenvalue weighted by Crippen LogP contribution is -2.52. The fourth-order valence-corrected chi connectivity index (χ4v) is 3.88. The Bertz CT molecular complexity index is 702. The number of carbonyl (C=O) groups is 2. The molecule has 2 fully saturated rings. The van der Waals surface area contributed by atoms with Gasteiger partial charge in [-0.25, -0.2) is 4.79 Å². The number of nitrogens with one attached hydrogen (secondary N) is 3. The average Bonchev–Trinajstić information content (AvgIpc) is 3.19. The number of anilines is 1. The zero-order valence-electron chi connectivity index (χ0n) is 17.8. The van der Waals surface area contributed by atoms with Crippen LogP contribution in [0.5, 0.6) is 0 Å². The highest BCUT2D eigenvalue weighted by molar-refractivity contribution is 5.99. The first-order valence-electron chi connectivity index (χ1n) is 10.6. The van der Waals surface area contributed by atoms with Crippen LogP contribution in [0.15, 0.2) is 24.3 Å². The van der Waals surface area contributed by atoms with Crippen molar-refractivity contribution in [1.29, 1.82) is 0 Å². The standard InChI is InChI=1S/C22H34N4O3/c1-22(2,3)25-21(28)24-16-10-12-26(13-11-16)19-9-5-4-8-18(19)20(27)23-15-17-7-6-14-29-17/h4-5,8-9,16-17H,6-7,10-15H2,1-3H3,(H,23,27)(H2,24,25,28). The average molecular weight is 403 g/mol. The van der Waals surface area contributed by atoms with Crippen molar-refractivity contribution in [3.05, 3.63) is 29.8 Å². The molecule has 7 nitrogen and oxygen atoms in total. The van der Waals surface area contributed by atoms with Crippen LogP contribution < -0.4 is 20.9 Å². The molecule has 0 aromatic heterocycles. The van der Waals surface area contributed by atoms with E-state index < -0.39 is 0 Å². The molecule has 29 heavy (non-hydrogen) atoms. The first-order chi connectivity index (χ1) is 13.8. The fraction of sp³-hybridized carbons (Fsp3) is 0.636. The number of benzene rings is 1. The predicted octanol–water partition coefficient (Wildman–Crippen LogP) is 2.66. The maximum atomic E-state index is 12.7. The molecule has 0 radical (unpaired) electrons. The summed E-state index contributed by atoms with van der Waals surface area (Å²) in [6, 6.07) is 7.77. The summed E-state index contributed by atoms with van der Waals surface area (Å²) in [5, 5.41) is 9.03. The lowest BCUT2D eigenvalue weighted by Gasteiger charge is -2.35. The van der Waals surface area contributed by atoms with Gasteiger partial charge in [0.15, 0.2) is 0 Å². The van der Waals surface area contributed by atoms with Crippen molar-refractivity contribution in [2.45, 2.75) is 64.1 Å². The second-order valence-electron chi connectivity index (χ2n) is 8.97. The molecule has 3 rings (SSSR count). The van der Waals surface area contributed by atoms with Crippen molar-refractivity contribution in [2.75, 3.05) is 31.1 Å². The lowest BCUT2D eigenvalue weighted by atomic mass is 10.0. The highest BCUT2D eigenvalue weighted by Gasteiger charge is 2.25. The van der Waals surface area contributed by atoms with E-state index in [0.29, 0.717) is 12.1 Å². The summed E-state index contributed by atoms with van der Waals surface area (Å²) in [5.74, 6) is -0.0547. The van der Waals surface area contributed by atoms with Crippen molar-refractivity contribution < 1.29 is 14.3 Å². The van der Waals surface area contributed by atoms with Gasteiger partial charge in [0.05, 0.1) is 11.7 Å². The second-order valence-corrected chi connectivity index (χ2v) is 8.97. The summed E-state index contributed by atoms with van der Waals surface area (Å²) >= 11 is 0. The van der Waals surface area contributed by atoms with Crippen LogP contribution in [0.25, 0.3) is 0 Å². The minimum atomic E-state index is -0.249. The molecule has 2 aliphatic heterocycles. The van der Waals surface area contributed by atoms with Crippen molar-refractivity contribution in [3.8, 4) is 0 Å². The van der Waals surface area contributed by atoms with Crippen molar-refractivity contribution >= 4 is 17.6 Å². The van der Waals surface area contributed by atoms with Gasteiger partial charge in [-0.2, -0.15) is 0 Å². The van der Waals surface area contributed by atoms with E-state index in [-0.39, 0.29) is 29.6 Å². The molecule has 1 unspecified atom stereocenters. The minimum absolute atomic E-state index is 0.0547. The van der Waals surface area contributed by atoms with Crippen LogP contribution in [0.1, 0.15) is 56.8 Å². The van der Waals surface area contributed by atoms with E-state index in [1.807, 2.05) is 45.0 Å². The number of hydrogen-bond acceptors (Lipinski definition) is 4. The topological polar surface area (TPSA) is 82.7 Å². The van der Waals surface area contributed by atoms with Gasteiger partial charge in [-0.1, -0.05) is 12.1 Å². The first-order valence-corrected chi connectivity index (χ1v) is 10.6. The van der Waals surface area contributed by atoms with Crippen LogP contribution in [0.3, 0.4) is 0 Å². The molecule has 2 aliphatic rings. The second kappa shape index (κ2) is 9.48. The predicted molar refractivity (Wildman–Crippen MR) is 114 cm³/mol. The zero-order valence-corrected chi connectivity index (χ0v) is 17.8. The third-order valence-electron chi connectivity index (χ3n) is 5.32. The molecule has 0 spiro atoms. The number of urea groups is 1. The Morgan fingerprint density at radius 3 is 2.52 bits per heavy atom. The zero-order chi connectivity index (χ0) is 20.9. The molecule has 2 heterocycles.